The number of benzene rings is 1. The molecule has 3 heterocycles. The van der Waals surface area contributed by atoms with Crippen molar-refractivity contribution in [1.82, 2.24) is 9.80 Å². The number of methoxy groups -OCH3 is 3. The molecule has 0 aromatic heterocycles. The molecule has 97 heavy (non-hydrogen) atoms. The summed E-state index contributed by atoms with van der Waals surface area (Å²) in [7, 11) is 7.58. The number of phenolic OH excluding ortho intramolecular Hbond substituents is 1. The summed E-state index contributed by atoms with van der Waals surface area (Å²) in [6.07, 6.45) is 11.0. The molecule has 10 N–H and O–H groups in total. The molecule has 1 aromatic rings. The van der Waals surface area contributed by atoms with Gasteiger partial charge in [-0.2, -0.15) is 0 Å². The number of allylic oxidation sites excluding steroid dienone is 6. The van der Waals surface area contributed by atoms with Crippen LogP contribution in [0.1, 0.15) is 155 Å². The van der Waals surface area contributed by atoms with E-state index in [1.807, 2.05) is 58.1 Å². The van der Waals surface area contributed by atoms with E-state index >= 15 is 0 Å². The Morgan fingerprint density at radius 3 is 2.15 bits per heavy atom. The predicted octanol–water partition coefficient (Wildman–Crippen LogP) is 5.97. The molecule has 0 spiro atoms. The van der Waals surface area contributed by atoms with Crippen molar-refractivity contribution >= 4 is 46.7 Å². The zero-order chi connectivity index (χ0) is 72.1. The first-order valence-electron chi connectivity index (χ1n) is 33.9. The van der Waals surface area contributed by atoms with Gasteiger partial charge in [0.05, 0.1) is 41.6 Å². The number of hydrogen-bond acceptors (Lipinski definition) is 22. The van der Waals surface area contributed by atoms with Gasteiger partial charge in [-0.3, -0.25) is 38.5 Å². The van der Waals surface area contributed by atoms with Crippen LogP contribution in [0.25, 0.3) is 0 Å². The van der Waals surface area contributed by atoms with E-state index in [1.165, 1.54) is 56.1 Å². The minimum absolute atomic E-state index is 0.0193. The molecule has 536 valence electrons. The molecular formula is C73H103N3O21. The van der Waals surface area contributed by atoms with Gasteiger partial charge in [0.2, 0.25) is 11.6 Å². The van der Waals surface area contributed by atoms with Crippen molar-refractivity contribution in [2.45, 2.75) is 211 Å². The number of ether oxygens (including phenoxy) is 5. The Bertz CT molecular complexity index is 3330. The minimum Gasteiger partial charge on any atom is -0.510 e. The number of amides is 2. The smallest absolute Gasteiger partial charge is 0.329 e. The summed E-state index contributed by atoms with van der Waals surface area (Å²) in [4.78, 5) is 112. The van der Waals surface area contributed by atoms with Crippen molar-refractivity contribution < 1.29 is 103 Å². The number of aliphatic hydroxyl groups excluding tert-OH is 4. The van der Waals surface area contributed by atoms with Crippen molar-refractivity contribution in [2.75, 3.05) is 42.0 Å². The Morgan fingerprint density at radius 1 is 0.825 bits per heavy atom. The summed E-state index contributed by atoms with van der Waals surface area (Å²) < 4.78 is 29.4. The number of aliphatic hydroxyl groups is 7. The highest BCUT2D eigenvalue weighted by Gasteiger charge is 2.66. The second-order valence-corrected chi connectivity index (χ2v) is 28.6. The van der Waals surface area contributed by atoms with Gasteiger partial charge in [-0.25, -0.2) is 4.79 Å². The Balaban J connectivity index is 0.000000343. The molecular weight excluding hydrogens is 1250 g/mol. The average molecular weight is 1360 g/mol. The molecule has 0 radical (unpaired) electrons. The first kappa shape index (κ1) is 77.8. The third kappa shape index (κ3) is 16.2. The maximum absolute atomic E-state index is 14.4. The number of primary amides is 1. The van der Waals surface area contributed by atoms with Crippen molar-refractivity contribution in [3.05, 3.63) is 99.6 Å². The van der Waals surface area contributed by atoms with Crippen LogP contribution in [0.3, 0.4) is 0 Å². The Labute approximate surface area is 568 Å². The molecule has 0 unspecified atom stereocenters. The monoisotopic (exact) mass is 1360 g/mol. The lowest BCUT2D eigenvalue weighted by Crippen LogP contribution is -2.65. The van der Waals surface area contributed by atoms with E-state index in [0.717, 1.165) is 12.0 Å². The molecule has 3 aliphatic heterocycles. The molecule has 2 saturated heterocycles. The Hall–Kier alpha value is -6.58. The molecule has 24 heteroatoms. The van der Waals surface area contributed by atoms with Crippen molar-refractivity contribution in [1.29, 1.82) is 0 Å². The molecule has 8 rings (SSSR count). The molecule has 3 fully saturated rings. The summed E-state index contributed by atoms with van der Waals surface area (Å²) >= 11 is 0. The number of esters is 1. The molecule has 4 aliphatic carbocycles. The van der Waals surface area contributed by atoms with E-state index in [-0.39, 0.29) is 72.4 Å². The standard InChI is InChI=1S/C51H79NO13.C22H24N2O8/c1-30-16-12-11-13-17-31(2)42(61-8)28-38-21-19-36(7)51(60,65-38)48(57)49(58)52-23-15-14-18-39(52)50(59)64-43(33(4)26-37-20-22-40(53)44(27-37)62-9)29-41(54)32(3)25-35(6)46(56)47(63-10)45(55)34(5)24-30;1-21(31)8-5-4-6-11(25)12(8)16(26)13-9(21)7-10-15(24(2)3)17(27)14(20(23)30)19(29)22(10,32)18(13)28/h11-13,16-17,25,30,32-34,36-40,42-44,46-47,53,56,60H,14-15,18-24,26-29H2,1-10H3;4-6,9-10,15,25,27-28,31-32H,7H2,1-3H3,(H2,23,30)/b13-11+,16-12+,31-17+,35-25+;/t30-,32-,33-,34-,36-,37+,38+,39+,40-,42+,43+,44-,46-,47+,51-;9-,10-,15-,21+,22-/m10/s1. The van der Waals surface area contributed by atoms with Gasteiger partial charge in [-0.1, -0.05) is 83.2 Å². The Morgan fingerprint density at radius 2 is 1.52 bits per heavy atom. The SMILES string of the molecule is CN(C)[C@@H]1C(O)=C(C(N)=O)C(=O)[C@@]2(O)C(O)=C3C(=O)c4c(O)cccc4[C@@](C)(O)[C@H]3C[C@@H]12.CO[C@H]1C[C@@H]2CC[C@@H](C)[C@@](O)(O2)C(=O)C(=O)N2CCCC[C@H]2C(=O)O[C@H]([C@H](C)C[C@@H]2CC[C@@H](O)[C@H](OC)C2)CC(=O)[C@H](C)/C=C(\C)[C@@H](O)[C@@H](OC)C(=O)[C@H](C)C[C@H](C)/C=C/C=C/C=C/1C. The van der Waals surface area contributed by atoms with Gasteiger partial charge in [0.15, 0.2) is 17.2 Å². The summed E-state index contributed by atoms with van der Waals surface area (Å²) in [6.45, 7) is 14.1. The van der Waals surface area contributed by atoms with E-state index in [2.05, 4.69) is 0 Å². The van der Waals surface area contributed by atoms with Crippen LogP contribution in [0.4, 0.5) is 0 Å². The van der Waals surface area contributed by atoms with Crippen molar-refractivity contribution in [2.24, 2.45) is 53.1 Å². The molecule has 1 aromatic carbocycles. The third-order valence-corrected chi connectivity index (χ3v) is 21.5. The van der Waals surface area contributed by atoms with E-state index in [1.54, 1.807) is 41.1 Å². The fourth-order valence-corrected chi connectivity index (χ4v) is 15.6. The Kier molecular flexibility index (Phi) is 25.8. The lowest BCUT2D eigenvalue weighted by atomic mass is 9.55. The van der Waals surface area contributed by atoms with Crippen LogP contribution in [-0.4, -0.2) is 206 Å². The molecule has 2 bridgehead atoms. The number of piperidine rings is 1. The summed E-state index contributed by atoms with van der Waals surface area (Å²) in [6, 6.07) is 1.91. The van der Waals surface area contributed by atoms with Crippen LogP contribution in [0, 0.1) is 47.3 Å². The van der Waals surface area contributed by atoms with E-state index in [4.69, 9.17) is 29.4 Å². The zero-order valence-corrected chi connectivity index (χ0v) is 58.3. The molecule has 7 aliphatic rings. The minimum atomic E-state index is -2.75. The second-order valence-electron chi connectivity index (χ2n) is 28.6. The van der Waals surface area contributed by atoms with Crippen LogP contribution < -0.4 is 5.73 Å². The van der Waals surface area contributed by atoms with Gasteiger partial charge in [0, 0.05) is 75.9 Å². The van der Waals surface area contributed by atoms with E-state index < -0.39 is 159 Å². The predicted molar refractivity (Wildman–Crippen MR) is 355 cm³/mol. The third-order valence-electron chi connectivity index (χ3n) is 21.5. The van der Waals surface area contributed by atoms with Crippen LogP contribution in [0.5, 0.6) is 5.75 Å². The number of carbonyl (C=O) groups excluding carboxylic acids is 8. The summed E-state index contributed by atoms with van der Waals surface area (Å²) in [5.74, 6) is -15.9. The number of cyclic esters (lactones) is 1. The second kappa shape index (κ2) is 32.2. The lowest BCUT2D eigenvalue weighted by Gasteiger charge is -2.52. The maximum Gasteiger partial charge on any atom is 0.329 e. The summed E-state index contributed by atoms with van der Waals surface area (Å²) in [5, 5.41) is 88.9. The highest BCUT2D eigenvalue weighted by atomic mass is 16.6. The normalized spacial score (nSPS) is 38.4. The molecule has 20 atom stereocenters. The van der Waals surface area contributed by atoms with Crippen LogP contribution in [0.15, 0.2) is 88.5 Å². The quantitative estimate of drug-likeness (QED) is 0.0626. The van der Waals surface area contributed by atoms with Crippen LogP contribution >= 0.6 is 0 Å². The number of Topliss-reactive ketones (excluding diaryl/α,β-unsaturated/α-hetero) is 5. The number of rotatable bonds is 8. The zero-order valence-electron chi connectivity index (χ0n) is 58.3. The van der Waals surface area contributed by atoms with Gasteiger partial charge in [0.25, 0.3) is 17.6 Å². The summed E-state index contributed by atoms with van der Waals surface area (Å²) in [5.41, 5.74) is 0.613. The number of carbonyl (C=O) groups is 8. The lowest BCUT2D eigenvalue weighted by molar-refractivity contribution is -0.265. The van der Waals surface area contributed by atoms with Crippen molar-refractivity contribution in [3.63, 3.8) is 0 Å². The molecule has 24 nitrogen and oxygen atoms in total. The largest absolute Gasteiger partial charge is 0.510 e. The van der Waals surface area contributed by atoms with Gasteiger partial charge in [-0.05, 0) is 146 Å². The highest BCUT2D eigenvalue weighted by Crippen LogP contribution is 2.57. The van der Waals surface area contributed by atoms with Gasteiger partial charge < -0.3 is 75.2 Å². The maximum atomic E-state index is 14.4. The number of nitrogens with two attached hydrogens (primary N) is 1. The number of phenols is 1. The number of nitrogens with zero attached hydrogens (tertiary/aromatic N) is 2. The fraction of sp³-hybridized carbons (Fsp3) is 0.644. The number of fused-ring (bicyclic) bond motifs is 6. The van der Waals surface area contributed by atoms with Crippen molar-refractivity contribution in [3.8, 4) is 5.75 Å². The number of hydrogen-bond donors (Lipinski definition) is 9. The average Bonchev–Trinajstić information content (AvgIpc) is 0.690. The van der Waals surface area contributed by atoms with Gasteiger partial charge >= 0.3 is 5.97 Å². The first-order chi connectivity index (χ1) is 45.5. The van der Waals surface area contributed by atoms with E-state index in [0.29, 0.717) is 63.4 Å². The first-order valence-corrected chi connectivity index (χ1v) is 33.9. The van der Waals surface area contributed by atoms with Gasteiger partial charge in [-0.15, -0.1) is 0 Å². The molecule has 2 amide bonds. The van der Waals surface area contributed by atoms with Crippen LogP contribution in [-0.2, 0) is 62.8 Å². The number of likely N-dealkylation sites (N-methyl/N-ethyl adjacent to an activating group) is 1. The van der Waals surface area contributed by atoms with Crippen LogP contribution in [0.2, 0.25) is 0 Å². The van der Waals surface area contributed by atoms with Gasteiger partial charge in [0.1, 0.15) is 53.0 Å². The van der Waals surface area contributed by atoms with E-state index in [9.17, 15) is 79.2 Å². The number of aromatic hydroxyl groups is 1. The number of ketones is 5. The topological polar surface area (TPSA) is 377 Å². The fourth-order valence-electron chi connectivity index (χ4n) is 15.6. The molecule has 1 saturated carbocycles. The highest BCUT2D eigenvalue weighted by molar-refractivity contribution is 6.39.